The Balaban J connectivity index is 3.02. The van der Waals surface area contributed by atoms with Gasteiger partial charge >= 0.3 is 0 Å². The van der Waals surface area contributed by atoms with Crippen LogP contribution in [0.3, 0.4) is 0 Å². The van der Waals surface area contributed by atoms with E-state index < -0.39 is 5.60 Å². The fraction of sp³-hybridized carbons (Fsp3) is 0.455. The van der Waals surface area contributed by atoms with E-state index in [1.807, 2.05) is 19.9 Å². The van der Waals surface area contributed by atoms with E-state index in [0.717, 1.165) is 11.4 Å². The van der Waals surface area contributed by atoms with E-state index in [1.54, 1.807) is 13.8 Å². The van der Waals surface area contributed by atoms with Crippen LogP contribution in [0.4, 0.5) is 0 Å². The van der Waals surface area contributed by atoms with Gasteiger partial charge in [-0.2, -0.15) is 0 Å². The summed E-state index contributed by atoms with van der Waals surface area (Å²) in [6.07, 6.45) is 0. The van der Waals surface area contributed by atoms with Crippen LogP contribution >= 0.6 is 0 Å². The molecule has 1 aromatic rings. The second kappa shape index (κ2) is 3.77. The van der Waals surface area contributed by atoms with E-state index in [-0.39, 0.29) is 0 Å². The minimum Gasteiger partial charge on any atom is -0.378 e. The van der Waals surface area contributed by atoms with Gasteiger partial charge in [0.1, 0.15) is 5.60 Å². The standard InChI is InChI=1S/C11H14N2O/c1-8-7-9(2)13-10(12-8)5-6-11(3,4)14/h7,14H,1-4H3. The predicted octanol–water partition coefficient (Wildman–Crippen LogP) is 1.22. The highest BCUT2D eigenvalue weighted by Crippen LogP contribution is 2.00. The largest absolute Gasteiger partial charge is 0.378 e. The second-order valence-corrected chi connectivity index (χ2v) is 3.78. The molecule has 1 heterocycles. The zero-order valence-corrected chi connectivity index (χ0v) is 8.92. The average molecular weight is 190 g/mol. The zero-order valence-electron chi connectivity index (χ0n) is 8.92. The van der Waals surface area contributed by atoms with E-state index in [4.69, 9.17) is 0 Å². The van der Waals surface area contributed by atoms with Gasteiger partial charge in [0, 0.05) is 11.4 Å². The third-order valence-electron chi connectivity index (χ3n) is 1.46. The smallest absolute Gasteiger partial charge is 0.205 e. The van der Waals surface area contributed by atoms with Gasteiger partial charge in [0.15, 0.2) is 0 Å². The highest BCUT2D eigenvalue weighted by molar-refractivity contribution is 5.26. The molecule has 1 aromatic heterocycles. The molecule has 14 heavy (non-hydrogen) atoms. The quantitative estimate of drug-likeness (QED) is 0.625. The van der Waals surface area contributed by atoms with Crippen LogP contribution in [-0.4, -0.2) is 20.7 Å². The molecule has 1 N–H and O–H groups in total. The number of rotatable bonds is 0. The third-order valence-corrected chi connectivity index (χ3v) is 1.46. The fourth-order valence-electron chi connectivity index (χ4n) is 0.991. The van der Waals surface area contributed by atoms with Gasteiger partial charge in [-0.1, -0.05) is 5.92 Å². The number of aryl methyl sites for hydroxylation is 2. The molecule has 0 atom stereocenters. The van der Waals surface area contributed by atoms with Crippen LogP contribution in [0.15, 0.2) is 6.07 Å². The molecule has 0 fully saturated rings. The zero-order chi connectivity index (χ0) is 10.8. The van der Waals surface area contributed by atoms with Gasteiger partial charge in [-0.05, 0) is 39.7 Å². The van der Waals surface area contributed by atoms with Crippen molar-refractivity contribution in [2.75, 3.05) is 0 Å². The van der Waals surface area contributed by atoms with Gasteiger partial charge < -0.3 is 5.11 Å². The molecule has 0 aliphatic heterocycles. The summed E-state index contributed by atoms with van der Waals surface area (Å²) in [6, 6.07) is 1.88. The molecule has 0 aromatic carbocycles. The number of nitrogens with zero attached hydrogens (tertiary/aromatic N) is 2. The lowest BCUT2D eigenvalue weighted by atomic mass is 10.1. The molecule has 0 unspecified atom stereocenters. The Morgan fingerprint density at radius 3 is 2.14 bits per heavy atom. The van der Waals surface area contributed by atoms with Crippen LogP contribution in [0.1, 0.15) is 31.1 Å². The Labute approximate surface area is 84.2 Å². The fourth-order valence-corrected chi connectivity index (χ4v) is 0.991. The van der Waals surface area contributed by atoms with Gasteiger partial charge in [-0.3, -0.25) is 0 Å². The lowest BCUT2D eigenvalue weighted by molar-refractivity contribution is 0.143. The highest BCUT2D eigenvalue weighted by atomic mass is 16.3. The normalized spacial score (nSPS) is 10.6. The lowest BCUT2D eigenvalue weighted by Gasteiger charge is -2.05. The van der Waals surface area contributed by atoms with Gasteiger partial charge in [0.25, 0.3) is 0 Å². The summed E-state index contributed by atoms with van der Waals surface area (Å²) >= 11 is 0. The van der Waals surface area contributed by atoms with E-state index >= 15 is 0 Å². The van der Waals surface area contributed by atoms with Crippen LogP contribution in [0.2, 0.25) is 0 Å². The van der Waals surface area contributed by atoms with E-state index in [0.29, 0.717) is 5.82 Å². The van der Waals surface area contributed by atoms with Crippen molar-refractivity contribution in [2.24, 2.45) is 0 Å². The first-order chi connectivity index (χ1) is 6.37. The molecule has 1 rings (SSSR count). The molecule has 74 valence electrons. The first kappa shape index (κ1) is 10.7. The minimum absolute atomic E-state index is 0.463. The number of aromatic nitrogens is 2. The SMILES string of the molecule is Cc1cc(C)nc(C#CC(C)(C)O)n1. The van der Waals surface area contributed by atoms with Gasteiger partial charge in [-0.25, -0.2) is 9.97 Å². The summed E-state index contributed by atoms with van der Waals surface area (Å²) in [5, 5.41) is 9.39. The van der Waals surface area contributed by atoms with Crippen molar-refractivity contribution in [3.63, 3.8) is 0 Å². The maximum atomic E-state index is 9.39. The Hall–Kier alpha value is -1.40. The molecule has 3 heteroatoms. The van der Waals surface area contributed by atoms with Gasteiger partial charge in [0.2, 0.25) is 5.82 Å². The maximum absolute atomic E-state index is 9.39. The summed E-state index contributed by atoms with van der Waals surface area (Å²) < 4.78 is 0. The Bertz CT molecular complexity index is 374. The van der Waals surface area contributed by atoms with E-state index in [1.165, 1.54) is 0 Å². The number of aliphatic hydroxyl groups is 1. The first-order valence-corrected chi connectivity index (χ1v) is 4.45. The van der Waals surface area contributed by atoms with Crippen molar-refractivity contribution >= 4 is 0 Å². The molecule has 0 radical (unpaired) electrons. The Kier molecular flexibility index (Phi) is 2.87. The molecule has 0 amide bonds. The second-order valence-electron chi connectivity index (χ2n) is 3.78. The average Bonchev–Trinajstić information content (AvgIpc) is 1.97. The van der Waals surface area contributed by atoms with Crippen molar-refractivity contribution < 1.29 is 5.11 Å². The molecule has 0 spiro atoms. The van der Waals surface area contributed by atoms with Crippen molar-refractivity contribution in [1.82, 2.24) is 9.97 Å². The predicted molar refractivity (Wildman–Crippen MR) is 54.7 cm³/mol. The summed E-state index contributed by atoms with van der Waals surface area (Å²) in [6.45, 7) is 7.04. The Morgan fingerprint density at radius 2 is 1.71 bits per heavy atom. The molecule has 0 saturated heterocycles. The van der Waals surface area contributed by atoms with Gasteiger partial charge in [-0.15, -0.1) is 0 Å². The van der Waals surface area contributed by atoms with Crippen LogP contribution < -0.4 is 0 Å². The Morgan fingerprint density at radius 1 is 1.21 bits per heavy atom. The monoisotopic (exact) mass is 190 g/mol. The van der Waals surface area contributed by atoms with Crippen molar-refractivity contribution in [3.8, 4) is 11.8 Å². The minimum atomic E-state index is -0.999. The molecule has 3 nitrogen and oxygen atoms in total. The summed E-state index contributed by atoms with van der Waals surface area (Å²) in [7, 11) is 0. The highest BCUT2D eigenvalue weighted by Gasteiger charge is 2.06. The molecular weight excluding hydrogens is 176 g/mol. The topological polar surface area (TPSA) is 46.0 Å². The van der Waals surface area contributed by atoms with Crippen molar-refractivity contribution in [1.29, 1.82) is 0 Å². The molecule has 0 aliphatic rings. The van der Waals surface area contributed by atoms with Crippen LogP contribution in [0, 0.1) is 25.7 Å². The van der Waals surface area contributed by atoms with Crippen LogP contribution in [-0.2, 0) is 0 Å². The van der Waals surface area contributed by atoms with Crippen molar-refractivity contribution in [3.05, 3.63) is 23.3 Å². The van der Waals surface area contributed by atoms with Gasteiger partial charge in [0.05, 0.1) is 0 Å². The van der Waals surface area contributed by atoms with Crippen LogP contribution in [0.25, 0.3) is 0 Å². The molecular formula is C11H14N2O. The molecule has 0 saturated carbocycles. The van der Waals surface area contributed by atoms with E-state index in [2.05, 4.69) is 21.8 Å². The summed E-state index contributed by atoms with van der Waals surface area (Å²) in [5.74, 6) is 5.88. The number of hydrogen-bond acceptors (Lipinski definition) is 3. The lowest BCUT2D eigenvalue weighted by Crippen LogP contribution is -2.14. The first-order valence-electron chi connectivity index (χ1n) is 4.45. The van der Waals surface area contributed by atoms with E-state index in [9.17, 15) is 5.11 Å². The molecule has 0 bridgehead atoms. The molecule has 0 aliphatic carbocycles. The van der Waals surface area contributed by atoms with Crippen molar-refractivity contribution in [2.45, 2.75) is 33.3 Å². The third kappa shape index (κ3) is 3.55. The maximum Gasteiger partial charge on any atom is 0.205 e. The van der Waals surface area contributed by atoms with Crippen LogP contribution in [0.5, 0.6) is 0 Å². The summed E-state index contributed by atoms with van der Waals surface area (Å²) in [5.41, 5.74) is 0.774. The number of hydrogen-bond donors (Lipinski definition) is 1. The summed E-state index contributed by atoms with van der Waals surface area (Å²) in [4.78, 5) is 8.28.